The second kappa shape index (κ2) is 8.16. The molecule has 2 aromatic heterocycles. The van der Waals surface area contributed by atoms with Gasteiger partial charge in [-0.1, -0.05) is 6.07 Å². The van der Waals surface area contributed by atoms with Crippen molar-refractivity contribution < 1.29 is 4.39 Å². The molecule has 1 aromatic carbocycles. The van der Waals surface area contributed by atoms with Gasteiger partial charge in [-0.3, -0.25) is 4.99 Å². The zero-order valence-corrected chi connectivity index (χ0v) is 15.4. The summed E-state index contributed by atoms with van der Waals surface area (Å²) in [7, 11) is 3.84. The zero-order chi connectivity index (χ0) is 17.6. The maximum atomic E-state index is 13.5. The molecule has 0 saturated heterocycles. The van der Waals surface area contributed by atoms with Gasteiger partial charge in [0.1, 0.15) is 5.82 Å². The third-order valence-corrected chi connectivity index (χ3v) is 5.19. The van der Waals surface area contributed by atoms with Crippen molar-refractivity contribution in [1.82, 2.24) is 15.2 Å². The fourth-order valence-electron chi connectivity index (χ4n) is 2.89. The molecule has 25 heavy (non-hydrogen) atoms. The summed E-state index contributed by atoms with van der Waals surface area (Å²) in [6, 6.07) is 9.08. The Kier molecular flexibility index (Phi) is 5.71. The van der Waals surface area contributed by atoms with Crippen molar-refractivity contribution in [2.75, 3.05) is 27.2 Å². The van der Waals surface area contributed by atoms with Gasteiger partial charge in [-0.25, -0.2) is 4.39 Å². The molecule has 132 valence electrons. The summed E-state index contributed by atoms with van der Waals surface area (Å²) in [5.74, 6) is 0.674. The van der Waals surface area contributed by atoms with Crippen molar-refractivity contribution >= 4 is 28.2 Å². The Morgan fingerprint density at radius 1 is 1.32 bits per heavy atom. The molecule has 0 aliphatic heterocycles. The second-order valence-corrected chi connectivity index (χ2v) is 7.01. The number of halogens is 1. The highest BCUT2D eigenvalue weighted by Crippen LogP contribution is 2.19. The van der Waals surface area contributed by atoms with Crippen molar-refractivity contribution in [2.24, 2.45) is 4.99 Å². The van der Waals surface area contributed by atoms with E-state index in [4.69, 9.17) is 0 Å². The number of aliphatic imine (C=N–C) groups is 1. The van der Waals surface area contributed by atoms with Crippen LogP contribution in [0.4, 0.5) is 4.39 Å². The highest BCUT2D eigenvalue weighted by atomic mass is 32.1. The van der Waals surface area contributed by atoms with Crippen molar-refractivity contribution in [3.63, 3.8) is 0 Å². The van der Waals surface area contributed by atoms with E-state index in [0.717, 1.165) is 48.4 Å². The number of H-pyrrole nitrogens is 1. The molecule has 0 spiro atoms. The molecule has 0 bridgehead atoms. The van der Waals surface area contributed by atoms with Gasteiger partial charge in [-0.2, -0.15) is 0 Å². The lowest BCUT2D eigenvalue weighted by atomic mass is 10.1. The van der Waals surface area contributed by atoms with Gasteiger partial charge < -0.3 is 15.2 Å². The third-order valence-electron chi connectivity index (χ3n) is 4.25. The lowest BCUT2D eigenvalue weighted by Crippen LogP contribution is -2.40. The van der Waals surface area contributed by atoms with Gasteiger partial charge in [0.2, 0.25) is 0 Å². The van der Waals surface area contributed by atoms with Crippen molar-refractivity contribution in [2.45, 2.75) is 12.8 Å². The van der Waals surface area contributed by atoms with Gasteiger partial charge in [0.05, 0.1) is 0 Å². The molecular weight excluding hydrogens is 335 g/mol. The SMILES string of the molecule is CN=C(NCCc1c[nH]c2ccc(F)cc12)N(C)CCc1cccs1. The maximum absolute atomic E-state index is 13.5. The Hall–Kier alpha value is -2.34. The number of fused-ring (bicyclic) bond motifs is 1. The first-order valence-corrected chi connectivity index (χ1v) is 9.25. The van der Waals surface area contributed by atoms with E-state index in [1.807, 2.05) is 13.2 Å². The average molecular weight is 358 g/mol. The molecule has 0 aliphatic carbocycles. The van der Waals surface area contributed by atoms with Crippen molar-refractivity contribution in [3.05, 3.63) is 58.2 Å². The quantitative estimate of drug-likeness (QED) is 0.522. The molecule has 2 N–H and O–H groups in total. The Morgan fingerprint density at radius 3 is 2.96 bits per heavy atom. The van der Waals surface area contributed by atoms with Crippen molar-refractivity contribution in [3.8, 4) is 0 Å². The molecule has 6 heteroatoms. The van der Waals surface area contributed by atoms with Crippen LogP contribution in [0.5, 0.6) is 0 Å². The first kappa shape index (κ1) is 17.5. The smallest absolute Gasteiger partial charge is 0.193 e. The van der Waals surface area contributed by atoms with Crippen LogP contribution in [0, 0.1) is 5.82 Å². The van der Waals surface area contributed by atoms with E-state index < -0.39 is 0 Å². The van der Waals surface area contributed by atoms with Gasteiger partial charge in [0, 0.05) is 49.2 Å². The average Bonchev–Trinajstić information content (AvgIpc) is 3.26. The molecule has 0 atom stereocenters. The number of nitrogens with zero attached hydrogens (tertiary/aromatic N) is 2. The molecular formula is C19H23FN4S. The fourth-order valence-corrected chi connectivity index (χ4v) is 3.59. The molecule has 0 saturated carbocycles. The minimum Gasteiger partial charge on any atom is -0.361 e. The number of hydrogen-bond donors (Lipinski definition) is 2. The number of benzene rings is 1. The molecule has 4 nitrogen and oxygen atoms in total. The molecule has 0 fully saturated rings. The summed E-state index contributed by atoms with van der Waals surface area (Å²) in [6.07, 6.45) is 3.77. The number of hydrogen-bond acceptors (Lipinski definition) is 2. The molecule has 0 unspecified atom stereocenters. The van der Waals surface area contributed by atoms with E-state index in [-0.39, 0.29) is 5.82 Å². The number of aromatic nitrogens is 1. The maximum Gasteiger partial charge on any atom is 0.193 e. The van der Waals surface area contributed by atoms with Gasteiger partial charge in [-0.15, -0.1) is 11.3 Å². The predicted octanol–water partition coefficient (Wildman–Crippen LogP) is 3.66. The lowest BCUT2D eigenvalue weighted by molar-refractivity contribution is 0.487. The second-order valence-electron chi connectivity index (χ2n) is 5.98. The van der Waals surface area contributed by atoms with Gasteiger partial charge in [0.25, 0.3) is 0 Å². The first-order chi connectivity index (χ1) is 12.2. The predicted molar refractivity (Wildman–Crippen MR) is 104 cm³/mol. The number of rotatable bonds is 6. The van der Waals surface area contributed by atoms with Crippen molar-refractivity contribution in [1.29, 1.82) is 0 Å². The standard InChI is InChI=1S/C19H23FN4S/c1-21-19(24(2)10-8-16-4-3-11-25-16)22-9-7-14-13-23-18-6-5-15(20)12-17(14)18/h3-6,11-13,23H,7-10H2,1-2H3,(H,21,22). The van der Waals surface area contributed by atoms with E-state index in [2.05, 4.69) is 37.7 Å². The fraction of sp³-hybridized carbons (Fsp3) is 0.316. The summed E-state index contributed by atoms with van der Waals surface area (Å²) >= 11 is 1.78. The molecule has 0 aliphatic rings. The summed E-state index contributed by atoms with van der Waals surface area (Å²) in [4.78, 5) is 11.1. The van der Waals surface area contributed by atoms with Crippen LogP contribution in [0.25, 0.3) is 10.9 Å². The summed E-state index contributed by atoms with van der Waals surface area (Å²) in [5.41, 5.74) is 2.08. The monoisotopic (exact) mass is 358 g/mol. The zero-order valence-electron chi connectivity index (χ0n) is 14.6. The Morgan fingerprint density at radius 2 is 2.20 bits per heavy atom. The van der Waals surface area contributed by atoms with Crippen LogP contribution in [0.2, 0.25) is 0 Å². The molecule has 0 amide bonds. The van der Waals surface area contributed by atoms with E-state index >= 15 is 0 Å². The Bertz CT molecular complexity index is 838. The molecule has 0 radical (unpaired) electrons. The van der Waals surface area contributed by atoms with Crippen LogP contribution in [0.3, 0.4) is 0 Å². The number of nitrogens with one attached hydrogen (secondary N) is 2. The van der Waals surface area contributed by atoms with E-state index in [0.29, 0.717) is 0 Å². The number of likely N-dealkylation sites (N-methyl/N-ethyl adjacent to an activating group) is 1. The van der Waals surface area contributed by atoms with Crippen LogP contribution in [0.1, 0.15) is 10.4 Å². The topological polar surface area (TPSA) is 43.4 Å². The normalized spacial score (nSPS) is 11.9. The summed E-state index contributed by atoms with van der Waals surface area (Å²) in [5, 5.41) is 6.44. The van der Waals surface area contributed by atoms with E-state index in [1.165, 1.54) is 10.9 Å². The molecule has 3 rings (SSSR count). The minimum atomic E-state index is -0.203. The van der Waals surface area contributed by atoms with Crippen LogP contribution in [-0.4, -0.2) is 43.0 Å². The van der Waals surface area contributed by atoms with Crippen LogP contribution < -0.4 is 5.32 Å². The number of guanidine groups is 1. The highest BCUT2D eigenvalue weighted by Gasteiger charge is 2.08. The summed E-state index contributed by atoms with van der Waals surface area (Å²) < 4.78 is 13.5. The van der Waals surface area contributed by atoms with Gasteiger partial charge >= 0.3 is 0 Å². The van der Waals surface area contributed by atoms with Crippen LogP contribution in [0.15, 0.2) is 46.9 Å². The summed E-state index contributed by atoms with van der Waals surface area (Å²) in [6.45, 7) is 1.66. The lowest BCUT2D eigenvalue weighted by Gasteiger charge is -2.21. The van der Waals surface area contributed by atoms with E-state index in [1.54, 1.807) is 30.5 Å². The number of thiophene rings is 1. The van der Waals surface area contributed by atoms with Crippen LogP contribution in [-0.2, 0) is 12.8 Å². The third kappa shape index (κ3) is 4.39. The highest BCUT2D eigenvalue weighted by molar-refractivity contribution is 7.09. The molecule has 3 aromatic rings. The minimum absolute atomic E-state index is 0.203. The largest absolute Gasteiger partial charge is 0.361 e. The first-order valence-electron chi connectivity index (χ1n) is 8.37. The molecule has 2 heterocycles. The Labute approximate surface area is 151 Å². The van der Waals surface area contributed by atoms with Crippen LogP contribution >= 0.6 is 11.3 Å². The number of aromatic amines is 1. The van der Waals surface area contributed by atoms with Gasteiger partial charge in [0.15, 0.2) is 5.96 Å². The van der Waals surface area contributed by atoms with E-state index in [9.17, 15) is 4.39 Å². The Balaban J connectivity index is 1.53. The van der Waals surface area contributed by atoms with Gasteiger partial charge in [-0.05, 0) is 48.1 Å².